The quantitative estimate of drug-likeness (QED) is 0.861. The van der Waals surface area contributed by atoms with Gasteiger partial charge in [-0.2, -0.15) is 0 Å². The van der Waals surface area contributed by atoms with Gasteiger partial charge in [0.2, 0.25) is 0 Å². The van der Waals surface area contributed by atoms with E-state index in [1.807, 2.05) is 0 Å². The van der Waals surface area contributed by atoms with Crippen molar-refractivity contribution in [1.29, 1.82) is 0 Å². The van der Waals surface area contributed by atoms with Crippen LogP contribution in [-0.4, -0.2) is 17.4 Å². The van der Waals surface area contributed by atoms with Crippen LogP contribution < -0.4 is 10.6 Å². The molecule has 22 heavy (non-hydrogen) atoms. The lowest BCUT2D eigenvalue weighted by Crippen LogP contribution is -2.23. The Morgan fingerprint density at radius 3 is 2.64 bits per heavy atom. The van der Waals surface area contributed by atoms with Gasteiger partial charge < -0.3 is 10.6 Å². The van der Waals surface area contributed by atoms with Crippen LogP contribution in [0.1, 0.15) is 29.8 Å². The molecule has 116 valence electrons. The molecule has 1 heterocycles. The van der Waals surface area contributed by atoms with Gasteiger partial charge in [-0.25, -0.2) is 4.39 Å². The molecule has 0 bridgehead atoms. The number of halogens is 1. The van der Waals surface area contributed by atoms with Crippen molar-refractivity contribution < 1.29 is 9.18 Å². The number of rotatable bonds is 6. The first kappa shape index (κ1) is 15.9. The van der Waals surface area contributed by atoms with Gasteiger partial charge in [0, 0.05) is 25.5 Å². The Morgan fingerprint density at radius 1 is 1.23 bits per heavy atom. The minimum absolute atomic E-state index is 0.204. The Morgan fingerprint density at radius 2 is 1.95 bits per heavy atom. The summed E-state index contributed by atoms with van der Waals surface area (Å²) in [6.07, 6.45) is 3.22. The molecule has 0 saturated carbocycles. The summed E-state index contributed by atoms with van der Waals surface area (Å²) in [5.74, 6) is 0.0178. The highest BCUT2D eigenvalue weighted by molar-refractivity contribution is 5.94. The van der Waals surface area contributed by atoms with Gasteiger partial charge >= 0.3 is 0 Å². The van der Waals surface area contributed by atoms with Gasteiger partial charge in [-0.15, -0.1) is 0 Å². The maximum absolute atomic E-state index is 12.8. The summed E-state index contributed by atoms with van der Waals surface area (Å²) in [4.78, 5) is 16.2. The van der Waals surface area contributed by atoms with E-state index < -0.39 is 0 Å². The highest BCUT2D eigenvalue weighted by atomic mass is 19.1. The molecule has 0 unspecified atom stereocenters. The molecule has 0 radical (unpaired) electrons. The molecule has 1 aromatic carbocycles. The average Bonchev–Trinajstić information content (AvgIpc) is 2.52. The molecule has 0 aliphatic heterocycles. The van der Waals surface area contributed by atoms with Gasteiger partial charge in [0.15, 0.2) is 0 Å². The third-order valence-electron chi connectivity index (χ3n) is 3.08. The first-order chi connectivity index (χ1) is 10.5. The minimum atomic E-state index is -0.289. The van der Waals surface area contributed by atoms with Crippen LogP contribution in [-0.2, 0) is 6.54 Å². The first-order valence-corrected chi connectivity index (χ1v) is 7.26. The second-order valence-electron chi connectivity index (χ2n) is 5.55. The monoisotopic (exact) mass is 301 g/mol. The number of carbonyl (C=O) groups is 1. The van der Waals surface area contributed by atoms with E-state index in [0.29, 0.717) is 18.0 Å². The van der Waals surface area contributed by atoms with Gasteiger partial charge in [-0.05, 0) is 29.7 Å². The molecule has 2 rings (SSSR count). The predicted octanol–water partition coefficient (Wildman–Crippen LogP) is 3.22. The number of hydrogen-bond acceptors (Lipinski definition) is 3. The first-order valence-electron chi connectivity index (χ1n) is 7.26. The lowest BCUT2D eigenvalue weighted by molar-refractivity contribution is 0.0950. The third-order valence-corrected chi connectivity index (χ3v) is 3.08. The van der Waals surface area contributed by atoms with Gasteiger partial charge in [0.25, 0.3) is 5.91 Å². The molecule has 1 aromatic heterocycles. The fourth-order valence-electron chi connectivity index (χ4n) is 1.87. The number of nitrogens with one attached hydrogen (secondary N) is 2. The zero-order valence-corrected chi connectivity index (χ0v) is 12.8. The van der Waals surface area contributed by atoms with E-state index in [2.05, 4.69) is 29.5 Å². The topological polar surface area (TPSA) is 54.0 Å². The molecule has 0 aliphatic carbocycles. The number of pyridine rings is 1. The molecule has 2 aromatic rings. The smallest absolute Gasteiger partial charge is 0.253 e. The predicted molar refractivity (Wildman–Crippen MR) is 85.1 cm³/mol. The van der Waals surface area contributed by atoms with Gasteiger partial charge in [0.1, 0.15) is 5.82 Å². The molecular weight excluding hydrogens is 281 g/mol. The summed E-state index contributed by atoms with van der Waals surface area (Å²) in [5.41, 5.74) is 2.16. The van der Waals surface area contributed by atoms with E-state index in [0.717, 1.165) is 17.8 Å². The highest BCUT2D eigenvalue weighted by Crippen LogP contribution is 2.10. The van der Waals surface area contributed by atoms with Crippen LogP contribution in [0, 0.1) is 11.7 Å². The summed E-state index contributed by atoms with van der Waals surface area (Å²) in [6, 6.07) is 7.82. The van der Waals surface area contributed by atoms with Gasteiger partial charge in [-0.1, -0.05) is 26.0 Å². The summed E-state index contributed by atoms with van der Waals surface area (Å²) in [6.45, 7) is 5.39. The number of benzene rings is 1. The Labute approximate surface area is 129 Å². The second kappa shape index (κ2) is 7.54. The van der Waals surface area contributed by atoms with Crippen LogP contribution in [0.4, 0.5) is 10.1 Å². The van der Waals surface area contributed by atoms with Crippen LogP contribution in [0.3, 0.4) is 0 Å². The average molecular weight is 301 g/mol. The summed E-state index contributed by atoms with van der Waals surface area (Å²) in [5, 5.41) is 6.03. The number of amides is 1. The highest BCUT2D eigenvalue weighted by Gasteiger charge is 2.07. The van der Waals surface area contributed by atoms with Crippen molar-refractivity contribution in [3.8, 4) is 0 Å². The van der Waals surface area contributed by atoms with Crippen molar-refractivity contribution in [2.45, 2.75) is 20.4 Å². The molecule has 0 aliphatic rings. The Kier molecular flexibility index (Phi) is 5.47. The SMILES string of the molecule is CC(C)CNc1cncc(C(=O)NCc2ccc(F)cc2)c1. The largest absolute Gasteiger partial charge is 0.384 e. The van der Waals surface area contributed by atoms with Crippen LogP contribution in [0.25, 0.3) is 0 Å². The molecule has 4 nitrogen and oxygen atoms in total. The van der Waals surface area contributed by atoms with Gasteiger partial charge in [0.05, 0.1) is 11.3 Å². The van der Waals surface area contributed by atoms with E-state index in [9.17, 15) is 9.18 Å². The van der Waals surface area contributed by atoms with Crippen molar-refractivity contribution in [3.63, 3.8) is 0 Å². The fraction of sp³-hybridized carbons (Fsp3) is 0.294. The van der Waals surface area contributed by atoms with Crippen LogP contribution >= 0.6 is 0 Å². The molecule has 2 N–H and O–H groups in total. The van der Waals surface area contributed by atoms with Crippen LogP contribution in [0.15, 0.2) is 42.7 Å². The van der Waals surface area contributed by atoms with Crippen molar-refractivity contribution in [2.75, 3.05) is 11.9 Å². The lowest BCUT2D eigenvalue weighted by atomic mass is 10.2. The van der Waals surface area contributed by atoms with Crippen LogP contribution in [0.2, 0.25) is 0 Å². The van der Waals surface area contributed by atoms with Crippen molar-refractivity contribution in [2.24, 2.45) is 5.92 Å². The molecule has 0 atom stereocenters. The number of aromatic nitrogens is 1. The van der Waals surface area contributed by atoms with E-state index in [-0.39, 0.29) is 11.7 Å². The van der Waals surface area contributed by atoms with Crippen LogP contribution in [0.5, 0.6) is 0 Å². The lowest BCUT2D eigenvalue weighted by Gasteiger charge is -2.10. The third kappa shape index (κ3) is 4.84. The van der Waals surface area contributed by atoms with Crippen molar-refractivity contribution >= 4 is 11.6 Å². The van der Waals surface area contributed by atoms with E-state index in [4.69, 9.17) is 0 Å². The zero-order valence-electron chi connectivity index (χ0n) is 12.8. The molecule has 0 saturated heterocycles. The normalized spacial score (nSPS) is 10.5. The second-order valence-corrected chi connectivity index (χ2v) is 5.55. The van der Waals surface area contributed by atoms with E-state index in [1.165, 1.54) is 18.3 Å². The van der Waals surface area contributed by atoms with Gasteiger partial charge in [-0.3, -0.25) is 9.78 Å². The summed E-state index contributed by atoms with van der Waals surface area (Å²) >= 11 is 0. The number of hydrogen-bond donors (Lipinski definition) is 2. The summed E-state index contributed by atoms with van der Waals surface area (Å²) in [7, 11) is 0. The van der Waals surface area contributed by atoms with Crippen molar-refractivity contribution in [3.05, 3.63) is 59.7 Å². The summed E-state index contributed by atoms with van der Waals surface area (Å²) < 4.78 is 12.8. The zero-order chi connectivity index (χ0) is 15.9. The molecule has 5 heteroatoms. The van der Waals surface area contributed by atoms with Crippen molar-refractivity contribution in [1.82, 2.24) is 10.3 Å². The number of carbonyl (C=O) groups excluding carboxylic acids is 1. The molecular formula is C17H20FN3O. The maximum atomic E-state index is 12.8. The van der Waals surface area contributed by atoms with E-state index in [1.54, 1.807) is 24.4 Å². The number of anilines is 1. The standard InChI is InChI=1S/C17H20FN3O/c1-12(2)8-20-16-7-14(10-19-11-16)17(22)21-9-13-3-5-15(18)6-4-13/h3-7,10-12,20H,8-9H2,1-2H3,(H,21,22). The molecule has 0 spiro atoms. The minimum Gasteiger partial charge on any atom is -0.384 e. The maximum Gasteiger partial charge on any atom is 0.253 e. The Balaban J connectivity index is 1.94. The molecule has 1 amide bonds. The fourth-order valence-corrected chi connectivity index (χ4v) is 1.87. The number of nitrogens with zero attached hydrogens (tertiary/aromatic N) is 1. The van der Waals surface area contributed by atoms with E-state index >= 15 is 0 Å². The Bertz CT molecular complexity index is 626. The Hall–Kier alpha value is -2.43. The molecule has 0 fully saturated rings.